The standard InChI is InChI=1S/C15H26O2/c1-10-5-6-12(16)15(4)9-11(15)13(17)14(2,3)8-7-10/h7,11-13,16-17H,5-6,8-9H2,1-4H3/b10-7+/t11-,12-,13-,15-/m1/s1. The van der Waals surface area contributed by atoms with Gasteiger partial charge < -0.3 is 10.2 Å². The number of fused-ring (bicyclic) bond motifs is 1. The first-order chi connectivity index (χ1) is 7.77. The van der Waals surface area contributed by atoms with E-state index in [2.05, 4.69) is 33.8 Å². The number of aliphatic hydroxyl groups is 2. The molecule has 0 spiro atoms. The molecular formula is C15H26O2. The highest BCUT2D eigenvalue weighted by molar-refractivity contribution is 5.12. The highest BCUT2D eigenvalue weighted by Crippen LogP contribution is 2.60. The molecule has 0 aromatic carbocycles. The Bertz CT molecular complexity index is 332. The topological polar surface area (TPSA) is 40.5 Å². The Kier molecular flexibility index (Phi) is 3.16. The van der Waals surface area contributed by atoms with Gasteiger partial charge in [-0.25, -0.2) is 0 Å². The van der Waals surface area contributed by atoms with Gasteiger partial charge in [-0.05, 0) is 49.4 Å². The van der Waals surface area contributed by atoms with Gasteiger partial charge in [0.05, 0.1) is 12.2 Å². The lowest BCUT2D eigenvalue weighted by Crippen LogP contribution is -2.35. The second kappa shape index (κ2) is 4.10. The van der Waals surface area contributed by atoms with Gasteiger partial charge in [-0.3, -0.25) is 0 Å². The molecule has 1 fully saturated rings. The maximum atomic E-state index is 10.5. The Morgan fingerprint density at radius 1 is 1.24 bits per heavy atom. The zero-order valence-electron chi connectivity index (χ0n) is 11.5. The van der Waals surface area contributed by atoms with E-state index in [-0.39, 0.29) is 29.0 Å². The van der Waals surface area contributed by atoms with Gasteiger partial charge in [0.15, 0.2) is 0 Å². The molecule has 1 saturated carbocycles. The highest BCUT2D eigenvalue weighted by atomic mass is 16.3. The van der Waals surface area contributed by atoms with E-state index in [9.17, 15) is 10.2 Å². The average Bonchev–Trinajstić information content (AvgIpc) is 2.95. The molecule has 0 aromatic heterocycles. The Balaban J connectivity index is 2.24. The molecule has 2 nitrogen and oxygen atoms in total. The van der Waals surface area contributed by atoms with E-state index < -0.39 is 0 Å². The van der Waals surface area contributed by atoms with Gasteiger partial charge in [0.25, 0.3) is 0 Å². The minimum Gasteiger partial charge on any atom is -0.393 e. The van der Waals surface area contributed by atoms with Crippen molar-refractivity contribution in [1.29, 1.82) is 0 Å². The lowest BCUT2D eigenvalue weighted by atomic mass is 9.76. The van der Waals surface area contributed by atoms with E-state index in [4.69, 9.17) is 0 Å². The fraction of sp³-hybridized carbons (Fsp3) is 0.867. The summed E-state index contributed by atoms with van der Waals surface area (Å²) in [5.74, 6) is 0.277. The molecule has 2 heteroatoms. The van der Waals surface area contributed by atoms with E-state index in [1.165, 1.54) is 5.57 Å². The van der Waals surface area contributed by atoms with Crippen LogP contribution in [0.2, 0.25) is 0 Å². The molecule has 0 amide bonds. The van der Waals surface area contributed by atoms with Crippen LogP contribution in [0.3, 0.4) is 0 Å². The van der Waals surface area contributed by atoms with Crippen LogP contribution in [0.15, 0.2) is 11.6 Å². The molecular weight excluding hydrogens is 212 g/mol. The van der Waals surface area contributed by atoms with Crippen LogP contribution < -0.4 is 0 Å². The Morgan fingerprint density at radius 2 is 1.88 bits per heavy atom. The van der Waals surface area contributed by atoms with Crippen molar-refractivity contribution in [2.24, 2.45) is 16.7 Å². The second-order valence-corrected chi connectivity index (χ2v) is 7.06. The maximum Gasteiger partial charge on any atom is 0.0628 e. The van der Waals surface area contributed by atoms with Crippen LogP contribution in [0.25, 0.3) is 0 Å². The predicted molar refractivity (Wildman–Crippen MR) is 69.6 cm³/mol. The van der Waals surface area contributed by atoms with Gasteiger partial charge in [-0.2, -0.15) is 0 Å². The molecule has 2 rings (SSSR count). The Morgan fingerprint density at radius 3 is 2.53 bits per heavy atom. The van der Waals surface area contributed by atoms with Crippen molar-refractivity contribution in [2.75, 3.05) is 0 Å². The summed E-state index contributed by atoms with van der Waals surface area (Å²) < 4.78 is 0. The van der Waals surface area contributed by atoms with Gasteiger partial charge in [0.1, 0.15) is 0 Å². The van der Waals surface area contributed by atoms with Crippen molar-refractivity contribution in [2.45, 2.75) is 65.6 Å². The Hall–Kier alpha value is -0.340. The molecule has 0 saturated heterocycles. The molecule has 0 radical (unpaired) electrons. The summed E-state index contributed by atoms with van der Waals surface area (Å²) in [5.41, 5.74) is 1.21. The third kappa shape index (κ3) is 2.30. The molecule has 0 unspecified atom stereocenters. The van der Waals surface area contributed by atoms with Crippen molar-refractivity contribution < 1.29 is 10.2 Å². The smallest absolute Gasteiger partial charge is 0.0628 e. The first-order valence-electron chi connectivity index (χ1n) is 6.79. The van der Waals surface area contributed by atoms with Gasteiger partial charge in [0, 0.05) is 0 Å². The highest BCUT2D eigenvalue weighted by Gasteiger charge is 2.60. The quantitative estimate of drug-likeness (QED) is 0.637. The van der Waals surface area contributed by atoms with Crippen LogP contribution in [0, 0.1) is 16.7 Å². The number of hydrogen-bond acceptors (Lipinski definition) is 2. The number of allylic oxidation sites excluding steroid dienone is 2. The first-order valence-corrected chi connectivity index (χ1v) is 6.79. The van der Waals surface area contributed by atoms with Crippen LogP contribution in [0.5, 0.6) is 0 Å². The summed E-state index contributed by atoms with van der Waals surface area (Å²) in [7, 11) is 0. The summed E-state index contributed by atoms with van der Waals surface area (Å²) in [4.78, 5) is 0. The summed E-state index contributed by atoms with van der Waals surface area (Å²) >= 11 is 0. The maximum absolute atomic E-state index is 10.5. The molecule has 2 aliphatic carbocycles. The third-order valence-corrected chi connectivity index (χ3v) is 5.08. The third-order valence-electron chi connectivity index (χ3n) is 5.08. The summed E-state index contributed by atoms with van der Waals surface area (Å²) in [6.07, 6.45) is 5.39. The van der Waals surface area contributed by atoms with E-state index in [0.29, 0.717) is 0 Å². The monoisotopic (exact) mass is 238 g/mol. The largest absolute Gasteiger partial charge is 0.393 e. The van der Waals surface area contributed by atoms with Crippen LogP contribution in [-0.2, 0) is 0 Å². The van der Waals surface area contributed by atoms with Crippen molar-refractivity contribution in [3.8, 4) is 0 Å². The van der Waals surface area contributed by atoms with E-state index >= 15 is 0 Å². The van der Waals surface area contributed by atoms with Crippen LogP contribution in [0.1, 0.15) is 53.4 Å². The number of aliphatic hydroxyl groups excluding tert-OH is 2. The average molecular weight is 238 g/mol. The molecule has 0 heterocycles. The van der Waals surface area contributed by atoms with Gasteiger partial charge in [-0.15, -0.1) is 0 Å². The zero-order chi connectivity index (χ0) is 12.8. The van der Waals surface area contributed by atoms with Gasteiger partial charge >= 0.3 is 0 Å². The molecule has 0 aliphatic heterocycles. The van der Waals surface area contributed by atoms with Crippen molar-refractivity contribution in [3.05, 3.63) is 11.6 Å². The minimum atomic E-state index is -0.302. The zero-order valence-corrected chi connectivity index (χ0v) is 11.5. The summed E-state index contributed by atoms with van der Waals surface area (Å²) in [5, 5.41) is 20.8. The fourth-order valence-corrected chi connectivity index (χ4v) is 3.17. The second-order valence-electron chi connectivity index (χ2n) is 7.06. The molecule has 2 N–H and O–H groups in total. The predicted octanol–water partition coefficient (Wildman–Crippen LogP) is 2.89. The number of hydrogen-bond donors (Lipinski definition) is 2. The van der Waals surface area contributed by atoms with E-state index in [1.54, 1.807) is 0 Å². The van der Waals surface area contributed by atoms with Crippen LogP contribution >= 0.6 is 0 Å². The summed E-state index contributed by atoms with van der Waals surface area (Å²) in [6.45, 7) is 8.52. The fourth-order valence-electron chi connectivity index (χ4n) is 3.17. The van der Waals surface area contributed by atoms with Crippen molar-refractivity contribution >= 4 is 0 Å². The molecule has 0 bridgehead atoms. The molecule has 4 atom stereocenters. The molecule has 98 valence electrons. The summed E-state index contributed by atoms with van der Waals surface area (Å²) in [6, 6.07) is 0. The first kappa shape index (κ1) is 13.1. The lowest BCUT2D eigenvalue weighted by Gasteiger charge is -2.33. The molecule has 2 aliphatic rings. The van der Waals surface area contributed by atoms with Gasteiger partial charge in [-0.1, -0.05) is 32.4 Å². The molecule has 0 aromatic rings. The van der Waals surface area contributed by atoms with Crippen LogP contribution in [0.4, 0.5) is 0 Å². The van der Waals surface area contributed by atoms with Gasteiger partial charge in [0.2, 0.25) is 0 Å². The van der Waals surface area contributed by atoms with Crippen molar-refractivity contribution in [1.82, 2.24) is 0 Å². The normalized spacial score (nSPS) is 48.8. The molecule has 17 heavy (non-hydrogen) atoms. The Labute approximate surface area is 105 Å². The van der Waals surface area contributed by atoms with E-state index in [0.717, 1.165) is 25.7 Å². The minimum absolute atomic E-state index is 0.0473. The SMILES string of the molecule is C/C1=C\CC(C)(C)[C@H](O)[C@H]2C[C@@]2(C)[C@H](O)CC1. The lowest BCUT2D eigenvalue weighted by molar-refractivity contribution is -0.000852. The number of rotatable bonds is 0. The van der Waals surface area contributed by atoms with E-state index in [1.807, 2.05) is 0 Å². The van der Waals surface area contributed by atoms with Crippen LogP contribution in [-0.4, -0.2) is 22.4 Å². The van der Waals surface area contributed by atoms with Crippen molar-refractivity contribution in [3.63, 3.8) is 0 Å².